The van der Waals surface area contributed by atoms with Crippen LogP contribution in [0, 0.1) is 0 Å². The molecule has 0 aliphatic heterocycles. The third kappa shape index (κ3) is 3.64. The van der Waals surface area contributed by atoms with Crippen LogP contribution in [0.25, 0.3) is 21.8 Å². The first-order chi connectivity index (χ1) is 11.3. The smallest absolute Gasteiger partial charge is 0.0732 e. The molecule has 0 unspecified atom stereocenters. The summed E-state index contributed by atoms with van der Waals surface area (Å²) in [5.74, 6) is 0. The number of para-hydroxylation sites is 1. The Morgan fingerprint density at radius 3 is 2.43 bits per heavy atom. The lowest BCUT2D eigenvalue weighted by Gasteiger charge is -2.11. The molecule has 0 atom stereocenters. The Morgan fingerprint density at radius 2 is 1.57 bits per heavy atom. The number of aromatic nitrogens is 1. The summed E-state index contributed by atoms with van der Waals surface area (Å²) in [6.45, 7) is 2.26. The Labute approximate surface area is 138 Å². The molecule has 1 heterocycles. The van der Waals surface area contributed by atoms with E-state index in [1.807, 2.05) is 12.1 Å². The number of hydrogen-bond acceptors (Lipinski definition) is 2. The zero-order chi connectivity index (χ0) is 16.1. The molecule has 3 aromatic rings. The van der Waals surface area contributed by atoms with Gasteiger partial charge in [0.2, 0.25) is 0 Å². The fraction of sp³-hybridized carbons (Fsp3) is 0.381. The minimum absolute atomic E-state index is 0.783. The monoisotopic (exact) mass is 306 g/mol. The van der Waals surface area contributed by atoms with Crippen molar-refractivity contribution in [1.82, 2.24) is 4.98 Å². The van der Waals surface area contributed by atoms with Gasteiger partial charge in [0, 0.05) is 16.5 Å². The summed E-state index contributed by atoms with van der Waals surface area (Å²) < 4.78 is 0. The summed E-state index contributed by atoms with van der Waals surface area (Å²) in [5, 5.41) is 2.55. The summed E-state index contributed by atoms with van der Waals surface area (Å²) >= 11 is 0. The van der Waals surface area contributed by atoms with Gasteiger partial charge < -0.3 is 5.73 Å². The highest BCUT2D eigenvalue weighted by atomic mass is 14.7. The number of hydrogen-bond donors (Lipinski definition) is 1. The van der Waals surface area contributed by atoms with E-state index in [1.165, 1.54) is 54.9 Å². The van der Waals surface area contributed by atoms with Crippen molar-refractivity contribution in [2.75, 3.05) is 5.73 Å². The number of benzene rings is 2. The van der Waals surface area contributed by atoms with Crippen LogP contribution in [-0.4, -0.2) is 4.98 Å². The van der Waals surface area contributed by atoms with Crippen LogP contribution in [0.5, 0.6) is 0 Å². The molecule has 0 spiro atoms. The summed E-state index contributed by atoms with van der Waals surface area (Å²) in [5.41, 5.74) is 10.3. The number of rotatable bonds is 7. The predicted molar refractivity (Wildman–Crippen MR) is 101 cm³/mol. The highest BCUT2D eigenvalue weighted by Gasteiger charge is 2.09. The first-order valence-corrected chi connectivity index (χ1v) is 8.86. The van der Waals surface area contributed by atoms with E-state index < -0.39 is 0 Å². The van der Waals surface area contributed by atoms with Crippen LogP contribution in [0.3, 0.4) is 0 Å². The maximum atomic E-state index is 5.95. The standard InChI is InChI=1S/C21H26N2/c1-2-3-4-5-6-7-10-17-18-11-8-9-12-20(18)23-21-15-16(22)13-14-19(17)21/h8-9,11-15H,2-7,10,22H2,1H3. The fourth-order valence-electron chi connectivity index (χ4n) is 3.35. The Bertz CT molecular complexity index is 792. The zero-order valence-corrected chi connectivity index (χ0v) is 14.0. The molecule has 1 aromatic heterocycles. The fourth-order valence-corrected chi connectivity index (χ4v) is 3.35. The predicted octanol–water partition coefficient (Wildman–Crippen LogP) is 5.87. The normalized spacial score (nSPS) is 11.3. The lowest BCUT2D eigenvalue weighted by atomic mass is 9.97. The number of fused-ring (bicyclic) bond motifs is 2. The average molecular weight is 306 g/mol. The molecule has 2 nitrogen and oxygen atoms in total. The van der Waals surface area contributed by atoms with E-state index in [0.717, 1.165) is 23.1 Å². The number of aryl methyl sites for hydroxylation is 1. The van der Waals surface area contributed by atoms with E-state index in [2.05, 4.69) is 37.3 Å². The molecule has 0 aliphatic rings. The van der Waals surface area contributed by atoms with E-state index >= 15 is 0 Å². The second-order valence-electron chi connectivity index (χ2n) is 6.40. The van der Waals surface area contributed by atoms with Crippen LogP contribution in [0.4, 0.5) is 5.69 Å². The number of unbranched alkanes of at least 4 members (excludes halogenated alkanes) is 5. The highest BCUT2D eigenvalue weighted by Crippen LogP contribution is 2.28. The van der Waals surface area contributed by atoms with E-state index in [9.17, 15) is 0 Å². The van der Waals surface area contributed by atoms with Crippen LogP contribution in [-0.2, 0) is 6.42 Å². The van der Waals surface area contributed by atoms with Gasteiger partial charge in [-0.2, -0.15) is 0 Å². The quantitative estimate of drug-likeness (QED) is 0.336. The van der Waals surface area contributed by atoms with Gasteiger partial charge in [0.05, 0.1) is 11.0 Å². The van der Waals surface area contributed by atoms with Gasteiger partial charge >= 0.3 is 0 Å². The number of nitrogen functional groups attached to an aromatic ring is 1. The van der Waals surface area contributed by atoms with Crippen molar-refractivity contribution in [2.45, 2.75) is 51.9 Å². The number of nitrogens with two attached hydrogens (primary N) is 1. The molecule has 2 heteroatoms. The molecule has 2 aromatic carbocycles. The first-order valence-electron chi connectivity index (χ1n) is 8.86. The van der Waals surface area contributed by atoms with Crippen molar-refractivity contribution in [3.05, 3.63) is 48.0 Å². The molecule has 0 bridgehead atoms. The van der Waals surface area contributed by atoms with Gasteiger partial charge in [-0.1, -0.05) is 63.3 Å². The van der Waals surface area contributed by atoms with Gasteiger partial charge in [-0.25, -0.2) is 4.98 Å². The Morgan fingerprint density at radius 1 is 0.826 bits per heavy atom. The average Bonchev–Trinajstić information content (AvgIpc) is 2.56. The third-order valence-corrected chi connectivity index (χ3v) is 4.60. The van der Waals surface area contributed by atoms with Gasteiger partial charge in [0.1, 0.15) is 0 Å². The lowest BCUT2D eigenvalue weighted by Crippen LogP contribution is -1.95. The van der Waals surface area contributed by atoms with E-state index in [4.69, 9.17) is 10.7 Å². The van der Waals surface area contributed by atoms with Gasteiger partial charge in [0.15, 0.2) is 0 Å². The van der Waals surface area contributed by atoms with Crippen LogP contribution in [0.1, 0.15) is 51.0 Å². The van der Waals surface area contributed by atoms with Crippen molar-refractivity contribution < 1.29 is 0 Å². The SMILES string of the molecule is CCCCCCCCc1c2ccccc2nc2cc(N)ccc12. The third-order valence-electron chi connectivity index (χ3n) is 4.60. The molecular weight excluding hydrogens is 280 g/mol. The molecule has 0 amide bonds. The van der Waals surface area contributed by atoms with E-state index in [1.54, 1.807) is 0 Å². The van der Waals surface area contributed by atoms with Crippen molar-refractivity contribution >= 4 is 27.5 Å². The van der Waals surface area contributed by atoms with Gasteiger partial charge in [-0.05, 0) is 36.6 Å². The second-order valence-corrected chi connectivity index (χ2v) is 6.40. The van der Waals surface area contributed by atoms with E-state index in [-0.39, 0.29) is 0 Å². The Kier molecular flexibility index (Phi) is 5.12. The maximum Gasteiger partial charge on any atom is 0.0732 e. The molecule has 0 aliphatic carbocycles. The van der Waals surface area contributed by atoms with Crippen molar-refractivity contribution in [3.63, 3.8) is 0 Å². The molecule has 3 rings (SSSR count). The van der Waals surface area contributed by atoms with Crippen LogP contribution < -0.4 is 5.73 Å². The number of nitrogens with zero attached hydrogens (tertiary/aromatic N) is 1. The van der Waals surface area contributed by atoms with Crippen molar-refractivity contribution in [1.29, 1.82) is 0 Å². The number of anilines is 1. The molecular formula is C21H26N2. The second kappa shape index (κ2) is 7.45. The number of pyridine rings is 1. The molecule has 23 heavy (non-hydrogen) atoms. The van der Waals surface area contributed by atoms with Crippen molar-refractivity contribution in [2.24, 2.45) is 0 Å². The molecule has 0 saturated heterocycles. The van der Waals surface area contributed by atoms with Crippen molar-refractivity contribution in [3.8, 4) is 0 Å². The van der Waals surface area contributed by atoms with Crippen LogP contribution in [0.2, 0.25) is 0 Å². The van der Waals surface area contributed by atoms with Gasteiger partial charge in [-0.15, -0.1) is 0 Å². The lowest BCUT2D eigenvalue weighted by molar-refractivity contribution is 0.609. The largest absolute Gasteiger partial charge is 0.399 e. The summed E-state index contributed by atoms with van der Waals surface area (Å²) in [6.07, 6.45) is 9.06. The topological polar surface area (TPSA) is 38.9 Å². The molecule has 0 radical (unpaired) electrons. The molecule has 0 fully saturated rings. The first kappa shape index (κ1) is 15.8. The van der Waals surface area contributed by atoms with E-state index in [0.29, 0.717) is 0 Å². The summed E-state index contributed by atoms with van der Waals surface area (Å²) in [4.78, 5) is 4.79. The summed E-state index contributed by atoms with van der Waals surface area (Å²) in [7, 11) is 0. The zero-order valence-electron chi connectivity index (χ0n) is 14.0. The summed E-state index contributed by atoms with van der Waals surface area (Å²) in [6, 6.07) is 14.6. The maximum absolute atomic E-state index is 5.95. The Hall–Kier alpha value is -2.09. The van der Waals surface area contributed by atoms with Crippen LogP contribution in [0.15, 0.2) is 42.5 Å². The van der Waals surface area contributed by atoms with Crippen LogP contribution >= 0.6 is 0 Å². The molecule has 2 N–H and O–H groups in total. The molecule has 0 saturated carbocycles. The minimum Gasteiger partial charge on any atom is -0.399 e. The Balaban J connectivity index is 1.89. The minimum atomic E-state index is 0.783. The van der Waals surface area contributed by atoms with Gasteiger partial charge in [0.25, 0.3) is 0 Å². The molecule has 120 valence electrons. The highest BCUT2D eigenvalue weighted by molar-refractivity contribution is 5.98. The van der Waals surface area contributed by atoms with Gasteiger partial charge in [-0.3, -0.25) is 0 Å².